The van der Waals surface area contributed by atoms with Crippen LogP contribution in [0.1, 0.15) is 12.0 Å². The maximum absolute atomic E-state index is 11.2. The van der Waals surface area contributed by atoms with Gasteiger partial charge in [0.1, 0.15) is 0 Å². The Bertz CT molecular complexity index is 578. The second-order valence-corrected chi connectivity index (χ2v) is 6.41. The van der Waals surface area contributed by atoms with Gasteiger partial charge in [0.15, 0.2) is 9.84 Å². The van der Waals surface area contributed by atoms with Crippen molar-refractivity contribution in [3.05, 3.63) is 39.9 Å². The Morgan fingerprint density at radius 2 is 2.00 bits per heavy atom. The summed E-state index contributed by atoms with van der Waals surface area (Å²) in [7, 11) is -2.92. The summed E-state index contributed by atoms with van der Waals surface area (Å²) in [6.07, 6.45) is 2.11. The van der Waals surface area contributed by atoms with Crippen molar-refractivity contribution in [2.75, 3.05) is 11.5 Å². The van der Waals surface area contributed by atoms with Crippen LogP contribution in [0.15, 0.2) is 29.3 Å². The van der Waals surface area contributed by atoms with Gasteiger partial charge in [-0.3, -0.25) is 15.1 Å². The lowest BCUT2D eigenvalue weighted by molar-refractivity contribution is -0.384. The van der Waals surface area contributed by atoms with Gasteiger partial charge >= 0.3 is 0 Å². The van der Waals surface area contributed by atoms with Crippen LogP contribution in [-0.4, -0.2) is 37.1 Å². The summed E-state index contributed by atoms with van der Waals surface area (Å²) in [5.74, 6) is 0.283. The summed E-state index contributed by atoms with van der Waals surface area (Å²) in [6, 6.07) is 5.78. The van der Waals surface area contributed by atoms with E-state index in [1.165, 1.54) is 12.1 Å². The van der Waals surface area contributed by atoms with Crippen molar-refractivity contribution in [3.63, 3.8) is 0 Å². The van der Waals surface area contributed by atoms with Crippen LogP contribution < -0.4 is 0 Å². The molecular weight excluding hydrogens is 256 g/mol. The highest BCUT2D eigenvalue weighted by atomic mass is 32.2. The van der Waals surface area contributed by atoms with E-state index in [0.29, 0.717) is 6.42 Å². The number of non-ortho nitro benzene ring substituents is 1. The highest BCUT2D eigenvalue weighted by Gasteiger charge is 2.26. The molecule has 0 spiro atoms. The minimum absolute atomic E-state index is 0.0237. The zero-order chi connectivity index (χ0) is 13.2. The van der Waals surface area contributed by atoms with Crippen LogP contribution in [0.4, 0.5) is 5.69 Å². The van der Waals surface area contributed by atoms with Gasteiger partial charge in [0, 0.05) is 18.3 Å². The molecule has 0 amide bonds. The number of rotatable bonds is 3. The molecule has 1 atom stereocenters. The molecular formula is C11H12N2O4S. The molecule has 0 aromatic heterocycles. The molecule has 0 aliphatic carbocycles. The third kappa shape index (κ3) is 3.13. The van der Waals surface area contributed by atoms with E-state index in [2.05, 4.69) is 4.99 Å². The summed E-state index contributed by atoms with van der Waals surface area (Å²) >= 11 is 0. The Hall–Kier alpha value is -1.76. The van der Waals surface area contributed by atoms with E-state index in [4.69, 9.17) is 0 Å². The van der Waals surface area contributed by atoms with E-state index in [-0.39, 0.29) is 23.2 Å². The molecule has 1 fully saturated rings. The third-order valence-corrected chi connectivity index (χ3v) is 4.50. The lowest BCUT2D eigenvalue weighted by Gasteiger charge is -1.99. The van der Waals surface area contributed by atoms with Crippen molar-refractivity contribution in [1.82, 2.24) is 0 Å². The summed E-state index contributed by atoms with van der Waals surface area (Å²) in [5, 5.41) is 10.5. The standard InChI is InChI=1S/C11H12N2O4S/c14-13(15)11-3-1-9(2-4-11)7-12-10-5-6-18(16,17)8-10/h1-4,7,10H,5-6,8H2/t10-/m1/s1. The lowest BCUT2D eigenvalue weighted by Crippen LogP contribution is -2.07. The van der Waals surface area contributed by atoms with Gasteiger partial charge in [0.25, 0.3) is 5.69 Å². The Balaban J connectivity index is 2.03. The van der Waals surface area contributed by atoms with Crippen molar-refractivity contribution in [2.24, 2.45) is 4.99 Å². The zero-order valence-electron chi connectivity index (χ0n) is 9.52. The van der Waals surface area contributed by atoms with Crippen LogP contribution >= 0.6 is 0 Å². The van der Waals surface area contributed by atoms with E-state index < -0.39 is 14.8 Å². The van der Waals surface area contributed by atoms with Crippen molar-refractivity contribution >= 4 is 21.7 Å². The number of hydrogen-bond acceptors (Lipinski definition) is 5. The molecule has 1 aliphatic heterocycles. The first-order valence-electron chi connectivity index (χ1n) is 5.44. The smallest absolute Gasteiger partial charge is 0.269 e. The van der Waals surface area contributed by atoms with Crippen LogP contribution in [0.2, 0.25) is 0 Å². The van der Waals surface area contributed by atoms with E-state index in [9.17, 15) is 18.5 Å². The molecule has 0 unspecified atom stereocenters. The number of nitrogens with zero attached hydrogens (tertiary/aromatic N) is 2. The fourth-order valence-corrected chi connectivity index (χ4v) is 3.40. The van der Waals surface area contributed by atoms with E-state index in [1.54, 1.807) is 18.3 Å². The quantitative estimate of drug-likeness (QED) is 0.468. The molecule has 0 N–H and O–H groups in total. The Labute approximate surface area is 104 Å². The Kier molecular flexibility index (Phi) is 3.42. The predicted molar refractivity (Wildman–Crippen MR) is 67.7 cm³/mol. The van der Waals surface area contributed by atoms with Gasteiger partial charge in [0.2, 0.25) is 0 Å². The van der Waals surface area contributed by atoms with Gasteiger partial charge in [-0.05, 0) is 24.1 Å². The highest BCUT2D eigenvalue weighted by Crippen LogP contribution is 2.15. The van der Waals surface area contributed by atoms with Gasteiger partial charge in [-0.25, -0.2) is 8.42 Å². The number of benzene rings is 1. The Morgan fingerprint density at radius 3 is 2.50 bits per heavy atom. The summed E-state index contributed by atoms with van der Waals surface area (Å²) in [5.41, 5.74) is 0.750. The molecule has 18 heavy (non-hydrogen) atoms. The predicted octanol–water partition coefficient (Wildman–Crippen LogP) is 1.20. The number of nitro benzene ring substituents is 1. The highest BCUT2D eigenvalue weighted by molar-refractivity contribution is 7.91. The van der Waals surface area contributed by atoms with Crippen molar-refractivity contribution in [1.29, 1.82) is 0 Å². The van der Waals surface area contributed by atoms with Crippen molar-refractivity contribution in [2.45, 2.75) is 12.5 Å². The second kappa shape index (κ2) is 4.85. The first-order valence-corrected chi connectivity index (χ1v) is 7.26. The van der Waals surface area contributed by atoms with E-state index in [1.807, 2.05) is 0 Å². The monoisotopic (exact) mass is 268 g/mol. The molecule has 7 heteroatoms. The van der Waals surface area contributed by atoms with Crippen LogP contribution in [0.3, 0.4) is 0 Å². The van der Waals surface area contributed by atoms with Gasteiger partial charge in [-0.15, -0.1) is 0 Å². The SMILES string of the molecule is O=[N+]([O-])c1ccc(C=N[C@@H]2CCS(=O)(=O)C2)cc1. The molecule has 1 aromatic rings. The maximum Gasteiger partial charge on any atom is 0.269 e. The molecule has 1 aromatic carbocycles. The maximum atomic E-state index is 11.2. The molecule has 1 heterocycles. The molecule has 2 rings (SSSR count). The zero-order valence-corrected chi connectivity index (χ0v) is 10.3. The molecule has 96 valence electrons. The Morgan fingerprint density at radius 1 is 1.33 bits per heavy atom. The molecule has 1 saturated heterocycles. The average molecular weight is 268 g/mol. The van der Waals surface area contributed by atoms with E-state index in [0.717, 1.165) is 5.56 Å². The first-order chi connectivity index (χ1) is 8.46. The average Bonchev–Trinajstić information content (AvgIpc) is 2.67. The normalized spacial score (nSPS) is 22.3. The molecule has 6 nitrogen and oxygen atoms in total. The van der Waals surface area contributed by atoms with Gasteiger partial charge in [0.05, 0.1) is 22.5 Å². The number of nitro groups is 1. The van der Waals surface area contributed by atoms with Crippen molar-refractivity contribution < 1.29 is 13.3 Å². The fraction of sp³-hybridized carbons (Fsp3) is 0.364. The minimum atomic E-state index is -2.92. The molecule has 0 saturated carbocycles. The lowest BCUT2D eigenvalue weighted by atomic mass is 10.2. The van der Waals surface area contributed by atoms with Gasteiger partial charge in [-0.1, -0.05) is 0 Å². The first kappa shape index (κ1) is 12.7. The summed E-state index contributed by atoms with van der Waals surface area (Å²) in [4.78, 5) is 14.2. The molecule has 0 radical (unpaired) electrons. The molecule has 0 bridgehead atoms. The number of hydrogen-bond donors (Lipinski definition) is 0. The van der Waals surface area contributed by atoms with Crippen LogP contribution in [0.25, 0.3) is 0 Å². The van der Waals surface area contributed by atoms with Crippen molar-refractivity contribution in [3.8, 4) is 0 Å². The van der Waals surface area contributed by atoms with E-state index >= 15 is 0 Å². The summed E-state index contributed by atoms with van der Waals surface area (Å²) < 4.78 is 22.4. The number of sulfone groups is 1. The van der Waals surface area contributed by atoms with Crippen LogP contribution in [0.5, 0.6) is 0 Å². The number of aliphatic imine (C=N–C) groups is 1. The van der Waals surface area contributed by atoms with Gasteiger partial charge in [-0.2, -0.15) is 0 Å². The van der Waals surface area contributed by atoms with Crippen LogP contribution in [0, 0.1) is 10.1 Å². The summed E-state index contributed by atoms with van der Waals surface area (Å²) in [6.45, 7) is 0. The fourth-order valence-electron chi connectivity index (χ4n) is 1.77. The topological polar surface area (TPSA) is 89.6 Å². The molecule has 1 aliphatic rings. The van der Waals surface area contributed by atoms with Crippen LogP contribution in [-0.2, 0) is 9.84 Å². The minimum Gasteiger partial charge on any atom is -0.288 e. The van der Waals surface area contributed by atoms with Gasteiger partial charge < -0.3 is 0 Å². The second-order valence-electron chi connectivity index (χ2n) is 4.18. The third-order valence-electron chi connectivity index (χ3n) is 2.75. The largest absolute Gasteiger partial charge is 0.288 e.